The molecule has 0 amide bonds. The van der Waals surface area contributed by atoms with E-state index in [1.807, 2.05) is 0 Å². The molecule has 0 unspecified atom stereocenters. The highest BCUT2D eigenvalue weighted by Gasteiger charge is 2.13. The van der Waals surface area contributed by atoms with E-state index in [0.29, 0.717) is 22.6 Å². The molecule has 1 aromatic heterocycles. The van der Waals surface area contributed by atoms with Crippen molar-refractivity contribution in [2.75, 3.05) is 7.11 Å². The highest BCUT2D eigenvalue weighted by Crippen LogP contribution is 2.29. The van der Waals surface area contributed by atoms with Gasteiger partial charge in [-0.05, 0) is 42.0 Å². The third-order valence-electron chi connectivity index (χ3n) is 3.57. The standard InChI is InChI=1S/C18H13ClO5/c1-23-12-4-2-11(3-5-12)16-9-15(20)13-6-10(8-17(21)22)7-14(19)18(13)24-16/h2-7,9H,8H2,1H3,(H,21,22). The summed E-state index contributed by atoms with van der Waals surface area (Å²) in [6.07, 6.45) is -0.213. The van der Waals surface area contributed by atoms with Gasteiger partial charge in [0, 0.05) is 11.6 Å². The molecule has 0 aliphatic carbocycles. The van der Waals surface area contributed by atoms with Crippen LogP contribution >= 0.6 is 11.6 Å². The Morgan fingerprint density at radius 1 is 1.21 bits per heavy atom. The second-order valence-corrected chi connectivity index (χ2v) is 5.64. The van der Waals surface area contributed by atoms with Gasteiger partial charge >= 0.3 is 5.97 Å². The van der Waals surface area contributed by atoms with Gasteiger partial charge in [-0.25, -0.2) is 0 Å². The van der Waals surface area contributed by atoms with Gasteiger partial charge in [0.15, 0.2) is 11.0 Å². The maximum Gasteiger partial charge on any atom is 0.307 e. The molecule has 24 heavy (non-hydrogen) atoms. The molecule has 0 saturated heterocycles. The molecule has 1 N–H and O–H groups in total. The summed E-state index contributed by atoms with van der Waals surface area (Å²) in [6, 6.07) is 11.4. The van der Waals surface area contributed by atoms with Gasteiger partial charge in [0.1, 0.15) is 11.5 Å². The second kappa shape index (κ2) is 6.37. The van der Waals surface area contributed by atoms with Gasteiger partial charge in [0.05, 0.1) is 23.9 Å². The van der Waals surface area contributed by atoms with Crippen LogP contribution in [0.1, 0.15) is 5.56 Å². The zero-order chi connectivity index (χ0) is 17.3. The van der Waals surface area contributed by atoms with Gasteiger partial charge in [-0.3, -0.25) is 9.59 Å². The van der Waals surface area contributed by atoms with E-state index in [-0.39, 0.29) is 27.8 Å². The third kappa shape index (κ3) is 3.12. The van der Waals surface area contributed by atoms with Gasteiger partial charge in [-0.1, -0.05) is 11.6 Å². The summed E-state index contributed by atoms with van der Waals surface area (Å²) in [5.74, 6) is 0.0749. The van der Waals surface area contributed by atoms with Crippen LogP contribution in [0.15, 0.2) is 51.7 Å². The molecule has 3 aromatic rings. The lowest BCUT2D eigenvalue weighted by Crippen LogP contribution is -2.04. The normalized spacial score (nSPS) is 10.8. The third-order valence-corrected chi connectivity index (χ3v) is 3.85. The minimum Gasteiger partial charge on any atom is -0.497 e. The monoisotopic (exact) mass is 344 g/mol. The Balaban J connectivity index is 2.14. The number of carbonyl (C=O) groups is 1. The molecule has 0 atom stereocenters. The van der Waals surface area contributed by atoms with Crippen molar-refractivity contribution < 1.29 is 19.1 Å². The molecule has 0 radical (unpaired) electrons. The lowest BCUT2D eigenvalue weighted by molar-refractivity contribution is -0.136. The Bertz CT molecular complexity index is 973. The van der Waals surface area contributed by atoms with Gasteiger partial charge in [0.25, 0.3) is 0 Å². The molecule has 3 rings (SSSR count). The van der Waals surface area contributed by atoms with Crippen molar-refractivity contribution >= 4 is 28.5 Å². The minimum atomic E-state index is -0.996. The quantitative estimate of drug-likeness (QED) is 0.780. The predicted octanol–water partition coefficient (Wildman–Crippen LogP) is 3.75. The molecule has 2 aromatic carbocycles. The number of rotatable bonds is 4. The first-order valence-electron chi connectivity index (χ1n) is 7.10. The van der Waals surface area contributed by atoms with Crippen LogP contribution in [0.5, 0.6) is 5.75 Å². The van der Waals surface area contributed by atoms with E-state index >= 15 is 0 Å². The number of carboxylic acid groups (broad SMARTS) is 1. The van der Waals surface area contributed by atoms with Crippen LogP contribution in [0.3, 0.4) is 0 Å². The van der Waals surface area contributed by atoms with Crippen LogP contribution in [0, 0.1) is 0 Å². The molecule has 5 nitrogen and oxygen atoms in total. The Hall–Kier alpha value is -2.79. The summed E-state index contributed by atoms with van der Waals surface area (Å²) in [5, 5.41) is 9.34. The fourth-order valence-electron chi connectivity index (χ4n) is 2.45. The van der Waals surface area contributed by atoms with Crippen molar-refractivity contribution in [3.8, 4) is 17.1 Å². The number of ether oxygens (including phenoxy) is 1. The van der Waals surface area contributed by atoms with Crippen LogP contribution in [0.2, 0.25) is 5.02 Å². The van der Waals surface area contributed by atoms with Gasteiger partial charge in [-0.15, -0.1) is 0 Å². The zero-order valence-corrected chi connectivity index (χ0v) is 13.5. The molecule has 0 aliphatic heterocycles. The number of halogens is 1. The largest absolute Gasteiger partial charge is 0.497 e. The van der Waals surface area contributed by atoms with E-state index in [2.05, 4.69) is 0 Å². The second-order valence-electron chi connectivity index (χ2n) is 5.23. The van der Waals surface area contributed by atoms with Crippen LogP contribution in [-0.4, -0.2) is 18.2 Å². The number of hydrogen-bond acceptors (Lipinski definition) is 4. The van der Waals surface area contributed by atoms with E-state index in [1.165, 1.54) is 18.2 Å². The van der Waals surface area contributed by atoms with Crippen molar-refractivity contribution in [1.82, 2.24) is 0 Å². The van der Waals surface area contributed by atoms with Crippen molar-refractivity contribution in [1.29, 1.82) is 0 Å². The first-order chi connectivity index (χ1) is 11.5. The average Bonchev–Trinajstić information content (AvgIpc) is 2.55. The number of fused-ring (bicyclic) bond motifs is 1. The van der Waals surface area contributed by atoms with E-state index in [0.717, 1.165) is 0 Å². The fraction of sp³-hybridized carbons (Fsp3) is 0.111. The Kier molecular flexibility index (Phi) is 4.27. The summed E-state index contributed by atoms with van der Waals surface area (Å²) in [6.45, 7) is 0. The van der Waals surface area contributed by atoms with Gasteiger partial charge < -0.3 is 14.3 Å². The lowest BCUT2D eigenvalue weighted by Gasteiger charge is -2.07. The Morgan fingerprint density at radius 3 is 2.54 bits per heavy atom. The van der Waals surface area contributed by atoms with Crippen molar-refractivity contribution in [3.63, 3.8) is 0 Å². The molecule has 0 saturated carbocycles. The molecule has 0 aliphatic rings. The summed E-state index contributed by atoms with van der Waals surface area (Å²) in [7, 11) is 1.57. The number of methoxy groups -OCH3 is 1. The van der Waals surface area contributed by atoms with Crippen molar-refractivity contribution in [2.45, 2.75) is 6.42 Å². The number of carboxylic acids is 1. The van der Waals surface area contributed by atoms with E-state index in [4.69, 9.17) is 25.9 Å². The molecular weight excluding hydrogens is 332 g/mol. The van der Waals surface area contributed by atoms with Crippen LogP contribution < -0.4 is 10.2 Å². The highest BCUT2D eigenvalue weighted by atomic mass is 35.5. The van der Waals surface area contributed by atoms with Gasteiger partial charge in [-0.2, -0.15) is 0 Å². The number of aliphatic carboxylic acids is 1. The maximum atomic E-state index is 12.4. The van der Waals surface area contributed by atoms with E-state index in [9.17, 15) is 9.59 Å². The number of benzene rings is 2. The van der Waals surface area contributed by atoms with Crippen LogP contribution in [-0.2, 0) is 11.2 Å². The first-order valence-corrected chi connectivity index (χ1v) is 7.48. The molecule has 0 spiro atoms. The predicted molar refractivity (Wildman–Crippen MR) is 90.8 cm³/mol. The van der Waals surface area contributed by atoms with Crippen molar-refractivity contribution in [3.05, 3.63) is 63.3 Å². The average molecular weight is 345 g/mol. The van der Waals surface area contributed by atoms with Crippen molar-refractivity contribution in [2.24, 2.45) is 0 Å². The number of hydrogen-bond donors (Lipinski definition) is 1. The Labute approximate surface area is 142 Å². The molecule has 1 heterocycles. The summed E-state index contributed by atoms with van der Waals surface area (Å²) in [4.78, 5) is 23.2. The highest BCUT2D eigenvalue weighted by molar-refractivity contribution is 6.34. The van der Waals surface area contributed by atoms with Crippen LogP contribution in [0.4, 0.5) is 0 Å². The lowest BCUT2D eigenvalue weighted by atomic mass is 10.1. The SMILES string of the molecule is COc1ccc(-c2cc(=O)c3cc(CC(=O)O)cc(Cl)c3o2)cc1. The molecule has 6 heteroatoms. The molecular formula is C18H13ClO5. The summed E-state index contributed by atoms with van der Waals surface area (Å²) < 4.78 is 10.9. The van der Waals surface area contributed by atoms with Crippen LogP contribution in [0.25, 0.3) is 22.3 Å². The van der Waals surface area contributed by atoms with E-state index < -0.39 is 5.97 Å². The summed E-state index contributed by atoms with van der Waals surface area (Å²) >= 11 is 6.18. The first kappa shape index (κ1) is 16.1. The Morgan fingerprint density at radius 2 is 1.92 bits per heavy atom. The molecule has 0 fully saturated rings. The molecule has 122 valence electrons. The van der Waals surface area contributed by atoms with Gasteiger partial charge in [0.2, 0.25) is 0 Å². The van der Waals surface area contributed by atoms with E-state index in [1.54, 1.807) is 31.4 Å². The minimum absolute atomic E-state index is 0.205. The maximum absolute atomic E-state index is 12.4. The topological polar surface area (TPSA) is 76.7 Å². The smallest absolute Gasteiger partial charge is 0.307 e. The summed E-state index contributed by atoms with van der Waals surface area (Å²) in [5.41, 5.74) is 1.12. The molecule has 0 bridgehead atoms. The zero-order valence-electron chi connectivity index (χ0n) is 12.7. The fourth-order valence-corrected chi connectivity index (χ4v) is 2.73.